The number of rotatable bonds is 4. The second-order valence-corrected chi connectivity index (χ2v) is 6.52. The number of aromatic nitrogens is 4. The molecule has 0 amide bonds. The molecule has 1 saturated heterocycles. The Morgan fingerprint density at radius 1 is 1.11 bits per heavy atom. The number of alkyl halides is 3. The summed E-state index contributed by atoms with van der Waals surface area (Å²) in [4.78, 5) is 15.9. The van der Waals surface area contributed by atoms with Gasteiger partial charge >= 0.3 is 6.18 Å². The van der Waals surface area contributed by atoms with Crippen LogP contribution in [-0.4, -0.2) is 39.6 Å². The summed E-state index contributed by atoms with van der Waals surface area (Å²) in [5.74, 6) is 0.270. The third kappa shape index (κ3) is 3.81. The summed E-state index contributed by atoms with van der Waals surface area (Å²) < 4.78 is 45.1. The Bertz CT molecular complexity index is 904. The third-order valence-corrected chi connectivity index (χ3v) is 4.66. The minimum atomic E-state index is -4.61. The van der Waals surface area contributed by atoms with Gasteiger partial charge in [-0.15, -0.1) is 0 Å². The maximum atomic E-state index is 13.1. The van der Waals surface area contributed by atoms with E-state index in [-0.39, 0.29) is 11.5 Å². The molecule has 1 aliphatic heterocycles. The van der Waals surface area contributed by atoms with Crippen LogP contribution < -0.4 is 9.64 Å². The largest absolute Gasteiger partial charge is 0.493 e. The quantitative estimate of drug-likeness (QED) is 0.752. The number of hydrogen-bond acceptors (Lipinski definition) is 5. The van der Waals surface area contributed by atoms with Crippen molar-refractivity contribution >= 4 is 17.0 Å². The highest BCUT2D eigenvalue weighted by Gasteiger charge is 2.37. The molecule has 2 aromatic heterocycles. The van der Waals surface area contributed by atoms with Gasteiger partial charge in [0.1, 0.15) is 11.3 Å². The van der Waals surface area contributed by atoms with Gasteiger partial charge < -0.3 is 14.6 Å². The Morgan fingerprint density at radius 3 is 2.56 bits per heavy atom. The van der Waals surface area contributed by atoms with Crippen LogP contribution in [0.1, 0.15) is 18.7 Å². The lowest BCUT2D eigenvalue weighted by Gasteiger charge is -2.33. The van der Waals surface area contributed by atoms with Crippen LogP contribution in [0.5, 0.6) is 5.75 Å². The average Bonchev–Trinajstić information content (AvgIpc) is 3.15. The number of aromatic amines is 1. The van der Waals surface area contributed by atoms with Crippen LogP contribution in [0.3, 0.4) is 0 Å². The summed E-state index contributed by atoms with van der Waals surface area (Å²) >= 11 is 0. The van der Waals surface area contributed by atoms with E-state index in [9.17, 15) is 13.2 Å². The molecule has 3 aromatic rings. The smallest absolute Gasteiger partial charge is 0.451 e. The molecule has 0 unspecified atom stereocenters. The molecule has 0 aliphatic carbocycles. The first-order valence-electron chi connectivity index (χ1n) is 8.72. The first-order chi connectivity index (χ1) is 13.0. The number of nitrogens with zero attached hydrogens (tertiary/aromatic N) is 4. The van der Waals surface area contributed by atoms with E-state index in [1.165, 1.54) is 6.33 Å². The lowest BCUT2D eigenvalue weighted by molar-refractivity contribution is -0.144. The topological polar surface area (TPSA) is 66.9 Å². The predicted octanol–water partition coefficient (Wildman–Crippen LogP) is 3.67. The number of fused-ring (bicyclic) bond motifs is 1. The molecule has 1 N–H and O–H groups in total. The zero-order chi connectivity index (χ0) is 18.9. The van der Waals surface area contributed by atoms with Gasteiger partial charge in [0, 0.05) is 13.1 Å². The first-order valence-corrected chi connectivity index (χ1v) is 8.72. The Labute approximate surface area is 153 Å². The van der Waals surface area contributed by atoms with Crippen molar-refractivity contribution in [1.29, 1.82) is 0 Å². The molecule has 0 radical (unpaired) electrons. The van der Waals surface area contributed by atoms with Crippen molar-refractivity contribution in [1.82, 2.24) is 19.9 Å². The Hall–Kier alpha value is -2.84. The monoisotopic (exact) mass is 377 g/mol. The van der Waals surface area contributed by atoms with Gasteiger partial charge in [0.05, 0.1) is 12.9 Å². The fourth-order valence-electron chi connectivity index (χ4n) is 3.22. The van der Waals surface area contributed by atoms with Gasteiger partial charge in [0.25, 0.3) is 0 Å². The Kier molecular flexibility index (Phi) is 4.59. The molecule has 0 spiro atoms. The molecule has 1 aromatic carbocycles. The second kappa shape index (κ2) is 7.05. The van der Waals surface area contributed by atoms with Crippen LogP contribution in [0.25, 0.3) is 11.2 Å². The number of nitrogens with one attached hydrogen (secondary N) is 1. The number of ether oxygens (including phenoxy) is 1. The van der Waals surface area contributed by atoms with E-state index in [2.05, 4.69) is 19.9 Å². The number of anilines is 1. The van der Waals surface area contributed by atoms with Gasteiger partial charge in [-0.1, -0.05) is 18.2 Å². The molecule has 0 bridgehead atoms. The summed E-state index contributed by atoms with van der Waals surface area (Å²) in [5.41, 5.74) is 0.462. The molecule has 4 rings (SSSR count). The molecular formula is C18H18F3N5O. The van der Waals surface area contributed by atoms with Crippen LogP contribution in [0.2, 0.25) is 0 Å². The van der Waals surface area contributed by atoms with Gasteiger partial charge in [-0.3, -0.25) is 0 Å². The van der Waals surface area contributed by atoms with Crippen LogP contribution >= 0.6 is 0 Å². The lowest BCUT2D eigenvalue weighted by atomic mass is 9.98. The summed E-state index contributed by atoms with van der Waals surface area (Å²) in [6.45, 7) is 1.80. The number of piperidine rings is 1. The highest BCUT2D eigenvalue weighted by Crippen LogP contribution is 2.32. The van der Waals surface area contributed by atoms with Crippen LogP contribution in [-0.2, 0) is 6.18 Å². The van der Waals surface area contributed by atoms with Crippen LogP contribution in [0, 0.1) is 5.92 Å². The lowest BCUT2D eigenvalue weighted by Crippen LogP contribution is -2.36. The summed E-state index contributed by atoms with van der Waals surface area (Å²) in [7, 11) is 0. The van der Waals surface area contributed by atoms with Crippen molar-refractivity contribution < 1.29 is 17.9 Å². The maximum Gasteiger partial charge on any atom is 0.451 e. The van der Waals surface area contributed by atoms with Crippen molar-refractivity contribution in [2.45, 2.75) is 19.0 Å². The van der Waals surface area contributed by atoms with Crippen molar-refractivity contribution in [3.8, 4) is 5.75 Å². The highest BCUT2D eigenvalue weighted by atomic mass is 19.4. The minimum absolute atomic E-state index is 0.0295. The van der Waals surface area contributed by atoms with E-state index < -0.39 is 12.0 Å². The van der Waals surface area contributed by atoms with Crippen molar-refractivity contribution in [2.24, 2.45) is 5.92 Å². The molecule has 1 fully saturated rings. The molecule has 9 heteroatoms. The normalized spacial score (nSPS) is 16.0. The van der Waals surface area contributed by atoms with Crippen molar-refractivity contribution in [3.63, 3.8) is 0 Å². The van der Waals surface area contributed by atoms with E-state index in [1.807, 2.05) is 35.2 Å². The van der Waals surface area contributed by atoms with Gasteiger partial charge in [-0.2, -0.15) is 13.2 Å². The molecule has 27 heavy (non-hydrogen) atoms. The van der Waals surface area contributed by atoms with Crippen molar-refractivity contribution in [2.75, 3.05) is 24.6 Å². The van der Waals surface area contributed by atoms with E-state index in [0.717, 1.165) is 18.6 Å². The van der Waals surface area contributed by atoms with Crippen LogP contribution in [0.4, 0.5) is 19.0 Å². The second-order valence-electron chi connectivity index (χ2n) is 6.52. The zero-order valence-electron chi connectivity index (χ0n) is 14.4. The number of halogens is 3. The first kappa shape index (κ1) is 17.6. The van der Waals surface area contributed by atoms with Crippen molar-refractivity contribution in [3.05, 3.63) is 42.5 Å². The Balaban J connectivity index is 1.45. The number of H-pyrrole nitrogens is 1. The summed E-state index contributed by atoms with van der Waals surface area (Å²) in [5, 5.41) is 0. The van der Waals surface area contributed by atoms with E-state index in [0.29, 0.717) is 31.1 Å². The molecule has 142 valence electrons. The summed E-state index contributed by atoms with van der Waals surface area (Å²) in [6.07, 6.45) is -1.64. The maximum absolute atomic E-state index is 13.1. The van der Waals surface area contributed by atoms with E-state index >= 15 is 0 Å². The minimum Gasteiger partial charge on any atom is -0.493 e. The molecule has 1 aliphatic rings. The fourth-order valence-corrected chi connectivity index (χ4v) is 3.22. The average molecular weight is 377 g/mol. The zero-order valence-corrected chi connectivity index (χ0v) is 14.4. The van der Waals surface area contributed by atoms with Gasteiger partial charge in [-0.25, -0.2) is 15.0 Å². The Morgan fingerprint density at radius 2 is 1.85 bits per heavy atom. The molecule has 0 saturated carbocycles. The molecular weight excluding hydrogens is 359 g/mol. The van der Waals surface area contributed by atoms with Crippen LogP contribution in [0.15, 0.2) is 36.7 Å². The fraction of sp³-hybridized carbons (Fsp3) is 0.389. The number of para-hydroxylation sites is 1. The standard InChI is InChI=1S/C18H18F3N5O/c19-18(20,21)17-24-15-14(22-11-23-15)16(25-17)26-8-6-12(7-9-26)10-27-13-4-2-1-3-5-13/h1-5,11-12H,6-10H2,(H,22,23,24,25). The SMILES string of the molecule is FC(F)(F)c1nc(N2CCC(COc3ccccc3)CC2)c2[nH]cnc2n1. The third-order valence-electron chi connectivity index (χ3n) is 4.66. The predicted molar refractivity (Wildman–Crippen MR) is 93.6 cm³/mol. The number of imidazole rings is 1. The highest BCUT2D eigenvalue weighted by molar-refractivity contribution is 5.83. The van der Waals surface area contributed by atoms with E-state index in [1.54, 1.807) is 0 Å². The van der Waals surface area contributed by atoms with Gasteiger partial charge in [-0.05, 0) is 30.9 Å². The van der Waals surface area contributed by atoms with Gasteiger partial charge in [0.2, 0.25) is 5.82 Å². The van der Waals surface area contributed by atoms with E-state index in [4.69, 9.17) is 4.74 Å². The number of hydrogen-bond donors (Lipinski definition) is 1. The molecule has 3 heterocycles. The molecule has 6 nitrogen and oxygen atoms in total. The molecule has 0 atom stereocenters. The summed E-state index contributed by atoms with van der Waals surface area (Å²) in [6, 6.07) is 9.58. The van der Waals surface area contributed by atoms with Gasteiger partial charge in [0.15, 0.2) is 11.5 Å². The number of benzene rings is 1.